The molecule has 0 spiro atoms. The number of fused-ring (bicyclic) bond motifs is 1. The van der Waals surface area contributed by atoms with E-state index in [1.54, 1.807) is 36.2 Å². The molecule has 0 aliphatic carbocycles. The summed E-state index contributed by atoms with van der Waals surface area (Å²) in [7, 11) is 1.75. The van der Waals surface area contributed by atoms with E-state index in [9.17, 15) is 19.5 Å². The number of amides is 3. The number of ether oxygens (including phenoxy) is 2. The van der Waals surface area contributed by atoms with Crippen LogP contribution in [0.3, 0.4) is 0 Å². The molecule has 12 heteroatoms. The average molecular weight is 669 g/mol. The van der Waals surface area contributed by atoms with E-state index < -0.39 is 11.6 Å². The van der Waals surface area contributed by atoms with Gasteiger partial charge in [-0.2, -0.15) is 0 Å². The number of carboxylic acid groups (broad SMARTS) is 1. The molecule has 0 radical (unpaired) electrons. The predicted octanol–water partition coefficient (Wildman–Crippen LogP) is 4.87. The number of halogens is 2. The first-order chi connectivity index (χ1) is 21.8. The van der Waals surface area contributed by atoms with Crippen molar-refractivity contribution in [3.8, 4) is 16.9 Å². The molecule has 10 nitrogen and oxygen atoms in total. The number of carbonyl (C=O) groups is 3. The summed E-state index contributed by atoms with van der Waals surface area (Å²) < 4.78 is 11.1. The van der Waals surface area contributed by atoms with Crippen LogP contribution in [0.15, 0.2) is 60.7 Å². The SMILES string of the molecule is CN(C(=O)CN1C(=O)COc2cc(Cl)c(Cl)cc21)C(CN1CCOCC1)c1ccc(-c2ccc(N(C(=O)[O-])C(C)(C)C)cc2)cc1. The summed E-state index contributed by atoms with van der Waals surface area (Å²) in [5, 5.41) is 12.4. The first-order valence-electron chi connectivity index (χ1n) is 15.0. The number of carbonyl (C=O) groups excluding carboxylic acids is 3. The van der Waals surface area contributed by atoms with Gasteiger partial charge in [0.2, 0.25) is 5.91 Å². The molecule has 0 N–H and O–H groups in total. The first-order valence-corrected chi connectivity index (χ1v) is 15.8. The van der Waals surface area contributed by atoms with Crippen LogP contribution < -0.4 is 19.6 Å². The molecule has 3 aromatic rings. The van der Waals surface area contributed by atoms with E-state index in [-0.39, 0.29) is 36.0 Å². The second-order valence-electron chi connectivity index (χ2n) is 12.4. The van der Waals surface area contributed by atoms with Crippen molar-refractivity contribution in [2.75, 3.05) is 62.8 Å². The molecule has 3 amide bonds. The van der Waals surface area contributed by atoms with E-state index in [1.807, 2.05) is 57.2 Å². The molecule has 2 aliphatic rings. The van der Waals surface area contributed by atoms with E-state index in [0.717, 1.165) is 29.8 Å². The minimum Gasteiger partial charge on any atom is -0.530 e. The molecule has 1 unspecified atom stereocenters. The molecule has 5 rings (SSSR count). The number of nitrogens with zero attached hydrogens (tertiary/aromatic N) is 4. The van der Waals surface area contributed by atoms with Crippen molar-refractivity contribution in [3.63, 3.8) is 0 Å². The van der Waals surface area contributed by atoms with Crippen LogP contribution in [0.4, 0.5) is 16.2 Å². The molecular weight excluding hydrogens is 631 g/mol. The molecule has 2 heterocycles. The van der Waals surface area contributed by atoms with Crippen LogP contribution in [0.2, 0.25) is 10.0 Å². The van der Waals surface area contributed by atoms with Crippen LogP contribution in [0.1, 0.15) is 32.4 Å². The molecular formula is C34H37Cl2N4O6-. The molecule has 3 aromatic carbocycles. The Labute approximate surface area is 279 Å². The standard InChI is InChI=1S/C34H38Cl2N4O6/c1-34(2,3)40(33(43)44)25-11-9-23(10-12-25)22-5-7-24(8-6-22)29(19-38-13-15-45-16-14-38)37(4)31(41)20-39-28-17-26(35)27(36)18-30(28)46-21-32(39)42/h5-12,17-18,29H,13-16,19-21H2,1-4H3,(H,43,44)/p-1. The van der Waals surface area contributed by atoms with Crippen molar-refractivity contribution in [1.29, 1.82) is 0 Å². The van der Waals surface area contributed by atoms with Gasteiger partial charge >= 0.3 is 0 Å². The number of benzene rings is 3. The fraction of sp³-hybridized carbons (Fsp3) is 0.382. The van der Waals surface area contributed by atoms with Gasteiger partial charge in [-0.3, -0.25) is 19.4 Å². The molecule has 0 bridgehead atoms. The number of hydrogen-bond donors (Lipinski definition) is 0. The second kappa shape index (κ2) is 13.9. The Balaban J connectivity index is 1.38. The Bertz CT molecular complexity index is 1590. The van der Waals surface area contributed by atoms with E-state index >= 15 is 0 Å². The van der Waals surface area contributed by atoms with Crippen LogP contribution in [0.25, 0.3) is 11.1 Å². The highest BCUT2D eigenvalue weighted by Gasteiger charge is 2.32. The monoisotopic (exact) mass is 667 g/mol. The van der Waals surface area contributed by atoms with Crippen LogP contribution in [0.5, 0.6) is 5.75 Å². The largest absolute Gasteiger partial charge is 0.530 e. The van der Waals surface area contributed by atoms with Crippen molar-refractivity contribution >= 4 is 52.5 Å². The van der Waals surface area contributed by atoms with Gasteiger partial charge in [-0.05, 0) is 55.7 Å². The zero-order valence-corrected chi connectivity index (χ0v) is 27.8. The number of likely N-dealkylation sites (N-methyl/N-ethyl adjacent to an activating group) is 1. The molecule has 46 heavy (non-hydrogen) atoms. The van der Waals surface area contributed by atoms with Crippen LogP contribution in [0, 0.1) is 0 Å². The van der Waals surface area contributed by atoms with Gasteiger partial charge in [-0.15, -0.1) is 0 Å². The predicted molar refractivity (Wildman–Crippen MR) is 177 cm³/mol. The molecule has 244 valence electrons. The second-order valence-corrected chi connectivity index (χ2v) is 13.2. The van der Waals surface area contributed by atoms with Crippen molar-refractivity contribution in [2.24, 2.45) is 0 Å². The van der Waals surface area contributed by atoms with Gasteiger partial charge in [0.05, 0.1) is 35.0 Å². The van der Waals surface area contributed by atoms with E-state index in [1.165, 1.54) is 9.80 Å². The van der Waals surface area contributed by atoms with Crippen molar-refractivity contribution < 1.29 is 29.0 Å². The lowest BCUT2D eigenvalue weighted by Gasteiger charge is -2.37. The zero-order chi connectivity index (χ0) is 33.2. The summed E-state index contributed by atoms with van der Waals surface area (Å²) in [4.78, 5) is 45.0. The number of anilines is 2. The summed E-state index contributed by atoms with van der Waals surface area (Å²) in [5.41, 5.74) is 3.07. The molecule has 2 aliphatic heterocycles. The van der Waals surface area contributed by atoms with Gasteiger partial charge in [-0.25, -0.2) is 0 Å². The van der Waals surface area contributed by atoms with Crippen LogP contribution in [-0.2, 0) is 14.3 Å². The Kier molecular flexibility index (Phi) is 10.1. The summed E-state index contributed by atoms with van der Waals surface area (Å²) in [6.45, 7) is 8.35. The smallest absolute Gasteiger partial charge is 0.265 e. The van der Waals surface area contributed by atoms with Crippen molar-refractivity contribution in [3.05, 3.63) is 76.3 Å². The van der Waals surface area contributed by atoms with Crippen LogP contribution >= 0.6 is 23.2 Å². The molecule has 0 saturated carbocycles. The third-order valence-electron chi connectivity index (χ3n) is 8.24. The Morgan fingerprint density at radius 3 is 2.13 bits per heavy atom. The topological polar surface area (TPSA) is 106 Å². The third kappa shape index (κ3) is 7.41. The lowest BCUT2D eigenvalue weighted by Crippen LogP contribution is -2.52. The molecule has 1 fully saturated rings. The third-order valence-corrected chi connectivity index (χ3v) is 8.96. The molecule has 1 atom stereocenters. The number of morpholine rings is 1. The maximum Gasteiger partial charge on any atom is 0.265 e. The number of rotatable bonds is 8. The maximum atomic E-state index is 13.8. The maximum absolute atomic E-state index is 13.8. The molecule has 0 aromatic heterocycles. The average Bonchev–Trinajstić information content (AvgIpc) is 3.02. The quantitative estimate of drug-likeness (QED) is 0.338. The highest BCUT2D eigenvalue weighted by atomic mass is 35.5. The van der Waals surface area contributed by atoms with Gasteiger partial charge in [0, 0.05) is 44.0 Å². The van der Waals surface area contributed by atoms with E-state index in [2.05, 4.69) is 4.90 Å². The summed E-state index contributed by atoms with van der Waals surface area (Å²) >= 11 is 12.4. The van der Waals surface area contributed by atoms with Gasteiger partial charge in [0.1, 0.15) is 18.4 Å². The first kappa shape index (κ1) is 33.5. The fourth-order valence-corrected chi connectivity index (χ4v) is 6.05. The zero-order valence-electron chi connectivity index (χ0n) is 26.3. The normalized spacial score (nSPS) is 16.0. The van der Waals surface area contributed by atoms with Gasteiger partial charge < -0.3 is 29.2 Å². The highest BCUT2D eigenvalue weighted by Crippen LogP contribution is 2.39. The Morgan fingerprint density at radius 1 is 0.957 bits per heavy atom. The Morgan fingerprint density at radius 2 is 1.54 bits per heavy atom. The molecule has 1 saturated heterocycles. The van der Waals surface area contributed by atoms with E-state index in [4.69, 9.17) is 32.7 Å². The van der Waals surface area contributed by atoms with Gasteiger partial charge in [0.15, 0.2) is 6.61 Å². The van der Waals surface area contributed by atoms with Gasteiger partial charge in [-0.1, -0.05) is 59.6 Å². The minimum absolute atomic E-state index is 0.189. The summed E-state index contributed by atoms with van der Waals surface area (Å²) in [6, 6.07) is 18.0. The Hall–Kier alpha value is -3.83. The summed E-state index contributed by atoms with van der Waals surface area (Å²) in [5.74, 6) is -0.205. The highest BCUT2D eigenvalue weighted by molar-refractivity contribution is 6.42. The van der Waals surface area contributed by atoms with Gasteiger partial charge in [0.25, 0.3) is 5.91 Å². The van der Waals surface area contributed by atoms with Crippen molar-refractivity contribution in [2.45, 2.75) is 32.4 Å². The lowest BCUT2D eigenvalue weighted by molar-refractivity contribution is -0.247. The number of hydrogen-bond acceptors (Lipinski definition) is 7. The lowest BCUT2D eigenvalue weighted by atomic mass is 9.98. The van der Waals surface area contributed by atoms with Crippen molar-refractivity contribution in [1.82, 2.24) is 9.80 Å². The fourth-order valence-electron chi connectivity index (χ4n) is 5.74. The van der Waals surface area contributed by atoms with Crippen LogP contribution in [-0.4, -0.2) is 86.3 Å². The van der Waals surface area contributed by atoms with E-state index in [0.29, 0.717) is 41.9 Å². The summed E-state index contributed by atoms with van der Waals surface area (Å²) in [6.07, 6.45) is -1.26. The minimum atomic E-state index is -1.26.